The van der Waals surface area contributed by atoms with E-state index in [9.17, 15) is 9.18 Å². The maximum absolute atomic E-state index is 13.6. The molecule has 0 radical (unpaired) electrons. The van der Waals surface area contributed by atoms with Gasteiger partial charge >= 0.3 is 6.03 Å². The van der Waals surface area contributed by atoms with Crippen LogP contribution in [0.2, 0.25) is 0 Å². The second-order valence-electron chi connectivity index (χ2n) is 6.13. The van der Waals surface area contributed by atoms with E-state index in [1.807, 2.05) is 0 Å². The average Bonchev–Trinajstić information content (AvgIpc) is 2.93. The van der Waals surface area contributed by atoms with Gasteiger partial charge in [-0.2, -0.15) is 5.10 Å². The highest BCUT2D eigenvalue weighted by Crippen LogP contribution is 2.25. The number of ether oxygens (including phenoxy) is 1. The van der Waals surface area contributed by atoms with E-state index in [-0.39, 0.29) is 17.3 Å². The summed E-state index contributed by atoms with van der Waals surface area (Å²) in [4.78, 5) is 11.9. The Kier molecular flexibility index (Phi) is 4.29. The molecule has 7 heteroatoms. The number of urea groups is 1. The number of hydrogen-bond acceptors (Lipinski definition) is 3. The predicted molar refractivity (Wildman–Crippen MR) is 83.7 cm³/mol. The number of aromatic nitrogens is 2. The maximum atomic E-state index is 13.6. The van der Waals surface area contributed by atoms with Gasteiger partial charge in [0.1, 0.15) is 5.82 Å². The van der Waals surface area contributed by atoms with Crippen LogP contribution in [0.4, 0.5) is 14.9 Å². The van der Waals surface area contributed by atoms with Gasteiger partial charge in [0, 0.05) is 23.7 Å². The minimum absolute atomic E-state index is 0.0202. The van der Waals surface area contributed by atoms with Gasteiger partial charge in [0.25, 0.3) is 0 Å². The first-order valence-electron chi connectivity index (χ1n) is 7.43. The van der Waals surface area contributed by atoms with E-state index in [2.05, 4.69) is 22.7 Å². The van der Waals surface area contributed by atoms with Gasteiger partial charge in [-0.05, 0) is 6.07 Å². The van der Waals surface area contributed by atoms with E-state index in [1.165, 1.54) is 12.3 Å². The lowest BCUT2D eigenvalue weighted by Gasteiger charge is -2.37. The first-order chi connectivity index (χ1) is 11.0. The van der Waals surface area contributed by atoms with Gasteiger partial charge in [-0.1, -0.05) is 25.1 Å². The topological polar surface area (TPSA) is 68.2 Å². The van der Waals surface area contributed by atoms with Gasteiger partial charge in [-0.25, -0.2) is 9.18 Å². The molecule has 1 aromatic carbocycles. The molecule has 1 fully saturated rings. The van der Waals surface area contributed by atoms with E-state index in [0.717, 1.165) is 0 Å². The van der Waals surface area contributed by atoms with Crippen LogP contribution < -0.4 is 10.6 Å². The van der Waals surface area contributed by atoms with Crippen molar-refractivity contribution in [1.82, 2.24) is 15.1 Å². The van der Waals surface area contributed by atoms with Crippen LogP contribution in [0.3, 0.4) is 0 Å². The maximum Gasteiger partial charge on any atom is 0.319 e. The normalized spacial score (nSPS) is 15.7. The molecule has 0 saturated carbocycles. The molecule has 3 rings (SSSR count). The number of benzene rings is 1. The molecule has 122 valence electrons. The first-order valence-corrected chi connectivity index (χ1v) is 7.43. The second-order valence-corrected chi connectivity index (χ2v) is 6.13. The van der Waals surface area contributed by atoms with E-state index in [0.29, 0.717) is 37.6 Å². The Morgan fingerprint density at radius 1 is 1.43 bits per heavy atom. The number of halogens is 1. The van der Waals surface area contributed by atoms with Crippen molar-refractivity contribution < 1.29 is 13.9 Å². The van der Waals surface area contributed by atoms with E-state index >= 15 is 0 Å². The number of carbonyl (C=O) groups is 1. The third-order valence-electron chi connectivity index (χ3n) is 3.76. The third kappa shape index (κ3) is 3.87. The largest absolute Gasteiger partial charge is 0.380 e. The fraction of sp³-hybridized carbons (Fsp3) is 0.375. The number of hydrogen-bond donors (Lipinski definition) is 2. The first kappa shape index (κ1) is 15.5. The minimum atomic E-state index is -0.288. The smallest absolute Gasteiger partial charge is 0.319 e. The van der Waals surface area contributed by atoms with Gasteiger partial charge in [0.05, 0.1) is 31.6 Å². The molecule has 0 aliphatic carbocycles. The lowest BCUT2D eigenvalue weighted by Crippen LogP contribution is -2.49. The van der Waals surface area contributed by atoms with E-state index < -0.39 is 0 Å². The summed E-state index contributed by atoms with van der Waals surface area (Å²) < 4.78 is 20.3. The van der Waals surface area contributed by atoms with Crippen molar-refractivity contribution in [3.63, 3.8) is 0 Å². The Balaban J connectivity index is 1.52. The highest BCUT2D eigenvalue weighted by molar-refractivity contribution is 5.88. The number of carbonyl (C=O) groups excluding carboxylic acids is 1. The Morgan fingerprint density at radius 3 is 2.91 bits per heavy atom. The molecule has 0 unspecified atom stereocenters. The highest BCUT2D eigenvalue weighted by atomic mass is 19.1. The third-order valence-corrected chi connectivity index (χ3v) is 3.76. The van der Waals surface area contributed by atoms with Crippen molar-refractivity contribution in [2.75, 3.05) is 25.1 Å². The van der Waals surface area contributed by atoms with Crippen LogP contribution in [0, 0.1) is 11.2 Å². The molecular weight excluding hydrogens is 299 g/mol. The van der Waals surface area contributed by atoms with Crippen molar-refractivity contribution in [3.05, 3.63) is 48.0 Å². The molecule has 2 N–H and O–H groups in total. The zero-order valence-corrected chi connectivity index (χ0v) is 12.9. The lowest BCUT2D eigenvalue weighted by molar-refractivity contribution is -0.0974. The van der Waals surface area contributed by atoms with Gasteiger partial charge in [0.15, 0.2) is 0 Å². The molecule has 1 aliphatic rings. The molecule has 0 atom stereocenters. The van der Waals surface area contributed by atoms with Crippen LogP contribution in [0.15, 0.2) is 36.7 Å². The Labute approximate surface area is 133 Å². The quantitative estimate of drug-likeness (QED) is 0.888. The summed E-state index contributed by atoms with van der Waals surface area (Å²) in [5, 5.41) is 9.66. The fourth-order valence-corrected chi connectivity index (χ4v) is 2.34. The average molecular weight is 318 g/mol. The minimum Gasteiger partial charge on any atom is -0.380 e. The summed E-state index contributed by atoms with van der Waals surface area (Å²) >= 11 is 0. The van der Waals surface area contributed by atoms with Crippen LogP contribution in [0.25, 0.3) is 0 Å². The number of nitrogens with zero attached hydrogens (tertiary/aromatic N) is 2. The molecular formula is C16H19FN4O2. The van der Waals surface area contributed by atoms with Crippen LogP contribution in [-0.4, -0.2) is 35.6 Å². The highest BCUT2D eigenvalue weighted by Gasteiger charge is 2.33. The van der Waals surface area contributed by atoms with Crippen LogP contribution >= 0.6 is 0 Å². The van der Waals surface area contributed by atoms with Crippen molar-refractivity contribution >= 4 is 11.7 Å². The summed E-state index contributed by atoms with van der Waals surface area (Å²) in [7, 11) is 0. The van der Waals surface area contributed by atoms with Crippen molar-refractivity contribution in [2.45, 2.75) is 13.5 Å². The monoisotopic (exact) mass is 318 g/mol. The zero-order valence-electron chi connectivity index (χ0n) is 12.9. The number of amides is 2. The van der Waals surface area contributed by atoms with Gasteiger partial charge in [-0.15, -0.1) is 0 Å². The molecule has 1 aliphatic heterocycles. The fourth-order valence-electron chi connectivity index (χ4n) is 2.34. The standard InChI is InChI=1S/C16H19FN4O2/c1-16(10-23-11-16)9-18-15(22)20-13-6-19-21(8-13)7-12-4-2-3-5-14(12)17/h2-6,8H,7,9-11H2,1H3,(H2,18,20,22). The van der Waals surface area contributed by atoms with E-state index in [1.54, 1.807) is 29.1 Å². The molecule has 2 amide bonds. The molecule has 1 saturated heterocycles. The second kappa shape index (κ2) is 6.37. The predicted octanol–water partition coefficient (Wildman–Crippen LogP) is 2.23. The molecule has 0 bridgehead atoms. The molecule has 1 aromatic heterocycles. The number of nitrogens with one attached hydrogen (secondary N) is 2. The summed E-state index contributed by atoms with van der Waals surface area (Å²) in [6.07, 6.45) is 3.20. The summed E-state index contributed by atoms with van der Waals surface area (Å²) in [6.45, 7) is 4.25. The molecule has 6 nitrogen and oxygen atoms in total. The van der Waals surface area contributed by atoms with Crippen molar-refractivity contribution in [3.8, 4) is 0 Å². The zero-order chi connectivity index (χ0) is 16.3. The Morgan fingerprint density at radius 2 is 2.22 bits per heavy atom. The van der Waals surface area contributed by atoms with E-state index in [4.69, 9.17) is 4.74 Å². The van der Waals surface area contributed by atoms with Crippen LogP contribution in [0.1, 0.15) is 12.5 Å². The molecule has 0 spiro atoms. The summed E-state index contributed by atoms with van der Waals surface area (Å²) in [5.74, 6) is -0.272. The van der Waals surface area contributed by atoms with Crippen molar-refractivity contribution in [2.24, 2.45) is 5.41 Å². The molecule has 23 heavy (non-hydrogen) atoms. The molecule has 2 heterocycles. The Bertz CT molecular complexity index is 697. The van der Waals surface area contributed by atoms with Crippen molar-refractivity contribution in [1.29, 1.82) is 0 Å². The number of rotatable bonds is 5. The SMILES string of the molecule is CC1(CNC(=O)Nc2cnn(Cc3ccccc3F)c2)COC1. The van der Waals surface area contributed by atoms with Gasteiger partial charge in [-0.3, -0.25) is 4.68 Å². The number of anilines is 1. The summed E-state index contributed by atoms with van der Waals surface area (Å²) in [5.41, 5.74) is 1.13. The molecule has 2 aromatic rings. The van der Waals surface area contributed by atoms with Gasteiger partial charge < -0.3 is 15.4 Å². The summed E-state index contributed by atoms with van der Waals surface area (Å²) in [6, 6.07) is 6.25. The Hall–Kier alpha value is -2.41. The van der Waals surface area contributed by atoms with Gasteiger partial charge in [0.2, 0.25) is 0 Å². The van der Waals surface area contributed by atoms with Crippen LogP contribution in [-0.2, 0) is 11.3 Å². The lowest BCUT2D eigenvalue weighted by atomic mass is 9.89. The van der Waals surface area contributed by atoms with Crippen LogP contribution in [0.5, 0.6) is 0 Å².